The van der Waals surface area contributed by atoms with Gasteiger partial charge in [-0.2, -0.15) is 26.3 Å². The molecule has 0 saturated carbocycles. The number of nitrogens with zero attached hydrogens (tertiary/aromatic N) is 10. The monoisotopic (exact) mass is 861 g/mol. The van der Waals surface area contributed by atoms with Crippen LogP contribution in [0.15, 0.2) is 114 Å². The van der Waals surface area contributed by atoms with Crippen LogP contribution >= 0.6 is 15.9 Å². The van der Waals surface area contributed by atoms with Gasteiger partial charge in [0.2, 0.25) is 17.6 Å². The van der Waals surface area contributed by atoms with E-state index in [2.05, 4.69) is 72.0 Å². The van der Waals surface area contributed by atoms with Gasteiger partial charge in [0.05, 0.1) is 0 Å². The van der Waals surface area contributed by atoms with Gasteiger partial charge in [0.1, 0.15) is 44.2 Å². The van der Waals surface area contributed by atoms with Gasteiger partial charge in [-0.15, -0.1) is 10.2 Å². The highest BCUT2D eigenvalue weighted by atomic mass is 79.9. The quantitative estimate of drug-likeness (QED) is 0.0986. The molecule has 8 aromatic heterocycles. The van der Waals surface area contributed by atoms with Gasteiger partial charge in [-0.05, 0) is 82.7 Å². The van der Waals surface area contributed by atoms with Crippen LogP contribution in [0.25, 0.3) is 34.1 Å². The lowest BCUT2D eigenvalue weighted by atomic mass is 10.3. The van der Waals surface area contributed by atoms with Crippen LogP contribution in [-0.2, 0) is 17.1 Å². The predicted octanol–water partition coefficient (Wildman–Crippen LogP) is 9.01. The number of aromatic nitrogens is 10. The van der Waals surface area contributed by atoms with Crippen molar-refractivity contribution in [2.75, 3.05) is 16.0 Å². The third-order valence-corrected chi connectivity index (χ3v) is 8.35. The standard InChI is InChI=1S/C20H16F3N7O.C17H10BrF3N6/c1-2-17(31)27-16-11-12(8-9-24-16)25-19-14-6-4-10-30(14)29-18(28-19)13-5-3-7-15(26-13)20(21,22)23;18-14-9-10(6-7-22-14)23-16-12-4-2-8-27(12)26-15(25-16)11-3-1-5-13(24-11)17(19,20)21/h3-11H,2H2,1H3,(H2,24,25,27,28,29,31);1-9H,(H,22,23,25,26). The maximum Gasteiger partial charge on any atom is 0.433 e. The fraction of sp³-hybridized carbons (Fsp3) is 0.108. The second-order valence-electron chi connectivity index (χ2n) is 12.0. The van der Waals surface area contributed by atoms with Gasteiger partial charge in [0.25, 0.3) is 0 Å². The highest BCUT2D eigenvalue weighted by Crippen LogP contribution is 2.31. The topological polar surface area (TPSA) is 165 Å². The zero-order valence-electron chi connectivity index (χ0n) is 29.6. The molecule has 0 bridgehead atoms. The van der Waals surface area contributed by atoms with Gasteiger partial charge in [-0.3, -0.25) is 4.79 Å². The summed E-state index contributed by atoms with van der Waals surface area (Å²) in [6, 6.07) is 21.0. The van der Waals surface area contributed by atoms with Gasteiger partial charge in [0.15, 0.2) is 11.6 Å². The van der Waals surface area contributed by atoms with E-state index >= 15 is 0 Å². The van der Waals surface area contributed by atoms with Crippen molar-refractivity contribution in [3.63, 3.8) is 0 Å². The number of fused-ring (bicyclic) bond motifs is 2. The summed E-state index contributed by atoms with van der Waals surface area (Å²) in [5, 5.41) is 17.4. The van der Waals surface area contributed by atoms with E-state index in [-0.39, 0.29) is 28.9 Å². The molecule has 0 atom stereocenters. The second kappa shape index (κ2) is 16.2. The minimum Gasteiger partial charge on any atom is -0.338 e. The van der Waals surface area contributed by atoms with Crippen molar-refractivity contribution in [2.24, 2.45) is 0 Å². The first kappa shape index (κ1) is 39.2. The van der Waals surface area contributed by atoms with Crippen LogP contribution in [0.5, 0.6) is 0 Å². The normalized spacial score (nSPS) is 11.6. The van der Waals surface area contributed by atoms with E-state index in [1.165, 1.54) is 39.5 Å². The zero-order chi connectivity index (χ0) is 41.0. The molecule has 0 aliphatic rings. The van der Waals surface area contributed by atoms with Crippen LogP contribution in [0, 0.1) is 0 Å². The molecular weight excluding hydrogens is 836 g/mol. The molecule has 1 amide bonds. The van der Waals surface area contributed by atoms with Gasteiger partial charge >= 0.3 is 12.4 Å². The number of carbonyl (C=O) groups is 1. The van der Waals surface area contributed by atoms with E-state index in [4.69, 9.17) is 0 Å². The van der Waals surface area contributed by atoms with Crippen LogP contribution in [-0.4, -0.2) is 55.0 Å². The summed E-state index contributed by atoms with van der Waals surface area (Å²) >= 11 is 3.29. The number of pyridine rings is 4. The molecule has 0 aliphatic carbocycles. The number of halogens is 7. The molecule has 8 rings (SSSR count). The summed E-state index contributed by atoms with van der Waals surface area (Å²) in [5.74, 6) is 1.05. The molecule has 3 N–H and O–H groups in total. The molecular formula is C37H26BrF6N13O. The van der Waals surface area contributed by atoms with E-state index in [1.54, 1.807) is 74.0 Å². The van der Waals surface area contributed by atoms with Crippen molar-refractivity contribution in [2.45, 2.75) is 25.7 Å². The summed E-state index contributed by atoms with van der Waals surface area (Å²) in [7, 11) is 0. The number of rotatable bonds is 8. The Labute approximate surface area is 331 Å². The number of hydrogen-bond acceptors (Lipinski definition) is 11. The predicted molar refractivity (Wildman–Crippen MR) is 204 cm³/mol. The number of carbonyl (C=O) groups excluding carboxylic acids is 1. The molecule has 8 aromatic rings. The lowest BCUT2D eigenvalue weighted by Crippen LogP contribution is -2.11. The zero-order valence-corrected chi connectivity index (χ0v) is 31.2. The lowest BCUT2D eigenvalue weighted by molar-refractivity contribution is -0.141. The number of amides is 1. The average molecular weight is 863 g/mol. The van der Waals surface area contributed by atoms with Crippen molar-refractivity contribution in [1.82, 2.24) is 49.1 Å². The van der Waals surface area contributed by atoms with Crippen LogP contribution in [0.2, 0.25) is 0 Å². The lowest BCUT2D eigenvalue weighted by Gasteiger charge is -2.11. The fourth-order valence-corrected chi connectivity index (χ4v) is 5.63. The minimum absolute atomic E-state index is 0.0147. The van der Waals surface area contributed by atoms with Gasteiger partial charge in [-0.25, -0.2) is 38.9 Å². The van der Waals surface area contributed by atoms with Gasteiger partial charge in [0, 0.05) is 48.6 Å². The molecule has 58 heavy (non-hydrogen) atoms. The summed E-state index contributed by atoms with van der Waals surface area (Å²) in [6.45, 7) is 1.73. The van der Waals surface area contributed by atoms with E-state index in [0.717, 1.165) is 12.1 Å². The molecule has 0 unspecified atom stereocenters. The van der Waals surface area contributed by atoms with E-state index in [0.29, 0.717) is 50.9 Å². The molecule has 0 saturated heterocycles. The van der Waals surface area contributed by atoms with Crippen LogP contribution in [0.3, 0.4) is 0 Å². The average Bonchev–Trinajstić information content (AvgIpc) is 3.88. The second-order valence-corrected chi connectivity index (χ2v) is 12.8. The van der Waals surface area contributed by atoms with Crippen molar-refractivity contribution in [3.05, 3.63) is 126 Å². The SMILES string of the molecule is CCC(=O)Nc1cc(Nc2nc(-c3cccc(C(F)(F)F)n3)nn3cccc23)ccn1.FC(F)(F)c1cccc(-c2nc(Nc3ccnc(Br)c3)c3cccn3n2)n1. The Balaban J connectivity index is 0.000000178. The van der Waals surface area contributed by atoms with Crippen molar-refractivity contribution in [3.8, 4) is 23.0 Å². The minimum atomic E-state index is -4.58. The van der Waals surface area contributed by atoms with Crippen LogP contribution < -0.4 is 16.0 Å². The first-order valence-electron chi connectivity index (χ1n) is 16.9. The Morgan fingerprint density at radius 1 is 0.655 bits per heavy atom. The number of hydrogen-bond donors (Lipinski definition) is 3. The largest absolute Gasteiger partial charge is 0.433 e. The molecule has 0 aliphatic heterocycles. The third kappa shape index (κ3) is 9.15. The van der Waals surface area contributed by atoms with Gasteiger partial charge in [-0.1, -0.05) is 19.1 Å². The Morgan fingerprint density at radius 2 is 1.16 bits per heavy atom. The summed E-state index contributed by atoms with van der Waals surface area (Å²) < 4.78 is 81.7. The van der Waals surface area contributed by atoms with E-state index < -0.39 is 23.7 Å². The highest BCUT2D eigenvalue weighted by molar-refractivity contribution is 9.10. The van der Waals surface area contributed by atoms with E-state index in [9.17, 15) is 31.1 Å². The number of anilines is 5. The molecule has 0 aromatic carbocycles. The molecule has 0 fully saturated rings. The molecule has 8 heterocycles. The fourth-order valence-electron chi connectivity index (χ4n) is 5.27. The maximum absolute atomic E-state index is 13.1. The number of alkyl halides is 6. The molecule has 0 spiro atoms. The van der Waals surface area contributed by atoms with Gasteiger partial charge < -0.3 is 16.0 Å². The van der Waals surface area contributed by atoms with Crippen molar-refractivity contribution < 1.29 is 31.1 Å². The Morgan fingerprint density at radius 3 is 1.64 bits per heavy atom. The highest BCUT2D eigenvalue weighted by Gasteiger charge is 2.33. The smallest absolute Gasteiger partial charge is 0.338 e. The van der Waals surface area contributed by atoms with Crippen molar-refractivity contribution in [1.29, 1.82) is 0 Å². The van der Waals surface area contributed by atoms with Crippen LogP contribution in [0.4, 0.5) is 55.2 Å². The Hall–Kier alpha value is -7.03. The first-order chi connectivity index (χ1) is 27.7. The molecule has 14 nitrogen and oxygen atoms in total. The Kier molecular flexibility index (Phi) is 11.0. The van der Waals surface area contributed by atoms with Crippen LogP contribution in [0.1, 0.15) is 24.7 Å². The maximum atomic E-state index is 13.1. The molecule has 294 valence electrons. The summed E-state index contributed by atoms with van der Waals surface area (Å²) in [5.41, 5.74) is 0.543. The number of nitrogens with one attached hydrogen (secondary N) is 3. The van der Waals surface area contributed by atoms with Crippen molar-refractivity contribution >= 4 is 61.7 Å². The summed E-state index contributed by atoms with van der Waals surface area (Å²) in [4.78, 5) is 35.8. The van der Waals surface area contributed by atoms with E-state index in [1.807, 2.05) is 0 Å². The Bertz CT molecular complexity index is 2750. The molecule has 0 radical (unpaired) electrons. The summed E-state index contributed by atoms with van der Waals surface area (Å²) in [6.07, 6.45) is -2.36. The third-order valence-electron chi connectivity index (χ3n) is 7.92. The first-order valence-corrected chi connectivity index (χ1v) is 17.7. The molecule has 21 heteroatoms.